The fourth-order valence-corrected chi connectivity index (χ4v) is 8.32. The van der Waals surface area contributed by atoms with Crippen molar-refractivity contribution in [2.24, 2.45) is 40.4 Å². The van der Waals surface area contributed by atoms with Crippen LogP contribution in [0.5, 0.6) is 0 Å². The number of rotatable bonds is 2. The van der Waals surface area contributed by atoms with E-state index in [4.69, 9.17) is 0 Å². The summed E-state index contributed by atoms with van der Waals surface area (Å²) in [6, 6.07) is 0. The Labute approximate surface area is 152 Å². The van der Waals surface area contributed by atoms with Gasteiger partial charge in [0.15, 0.2) is 0 Å². The number of Topliss-reactive ketones (excluding diaryl/α,β-unsaturated/α-hetero) is 1. The largest absolute Gasteiger partial charge is 0.393 e. The van der Waals surface area contributed by atoms with Crippen molar-refractivity contribution in [2.45, 2.75) is 90.8 Å². The Hall–Kier alpha value is -0.410. The minimum atomic E-state index is -0.373. The molecule has 1 unspecified atom stereocenters. The van der Waals surface area contributed by atoms with Gasteiger partial charge < -0.3 is 10.2 Å². The first-order valence-electron chi connectivity index (χ1n) is 10.7. The van der Waals surface area contributed by atoms with Crippen molar-refractivity contribution in [3.8, 4) is 0 Å². The smallest absolute Gasteiger partial charge is 0.136 e. The summed E-state index contributed by atoms with van der Waals surface area (Å²) in [6.45, 7) is 6.17. The fourth-order valence-electron chi connectivity index (χ4n) is 8.32. The summed E-state index contributed by atoms with van der Waals surface area (Å²) in [5, 5.41) is 20.5. The van der Waals surface area contributed by atoms with Gasteiger partial charge in [0.25, 0.3) is 0 Å². The molecule has 2 N–H and O–H groups in total. The molecule has 0 amide bonds. The van der Waals surface area contributed by atoms with Crippen molar-refractivity contribution in [3.63, 3.8) is 0 Å². The van der Waals surface area contributed by atoms with Crippen LogP contribution in [0.25, 0.3) is 0 Å². The van der Waals surface area contributed by atoms with Crippen LogP contribution in [0.15, 0.2) is 0 Å². The van der Waals surface area contributed by atoms with E-state index in [9.17, 15) is 15.0 Å². The number of ketones is 1. The van der Waals surface area contributed by atoms with Crippen molar-refractivity contribution < 1.29 is 15.0 Å². The zero-order valence-electron chi connectivity index (χ0n) is 16.2. The van der Waals surface area contributed by atoms with Gasteiger partial charge in [-0.3, -0.25) is 4.79 Å². The van der Waals surface area contributed by atoms with Crippen molar-refractivity contribution >= 4 is 5.78 Å². The molecule has 0 aromatic rings. The van der Waals surface area contributed by atoms with Crippen LogP contribution in [-0.4, -0.2) is 28.2 Å². The lowest BCUT2D eigenvalue weighted by Crippen LogP contribution is -2.56. The van der Waals surface area contributed by atoms with Gasteiger partial charge in [0, 0.05) is 5.41 Å². The third kappa shape index (κ3) is 2.41. The van der Waals surface area contributed by atoms with E-state index in [0.717, 1.165) is 44.9 Å². The third-order valence-electron chi connectivity index (χ3n) is 9.45. The van der Waals surface area contributed by atoms with Gasteiger partial charge in [-0.2, -0.15) is 0 Å². The van der Waals surface area contributed by atoms with Crippen LogP contribution in [-0.2, 0) is 4.79 Å². The molecule has 4 aliphatic rings. The van der Waals surface area contributed by atoms with Gasteiger partial charge in [-0.25, -0.2) is 0 Å². The molecule has 142 valence electrons. The molecule has 0 aliphatic heterocycles. The summed E-state index contributed by atoms with van der Waals surface area (Å²) < 4.78 is 0. The Balaban J connectivity index is 1.66. The van der Waals surface area contributed by atoms with Gasteiger partial charge in [0.05, 0.1) is 12.2 Å². The monoisotopic (exact) mass is 348 g/mol. The zero-order chi connectivity index (χ0) is 18.0. The highest BCUT2D eigenvalue weighted by molar-refractivity contribution is 5.83. The van der Waals surface area contributed by atoms with Crippen LogP contribution >= 0.6 is 0 Å². The standard InChI is InChI=1S/C22H36O3/c1-13(23)18-6-7-20-17-5-4-15-12-16(25)8-10-21(15,3)19(17)9-11-22(18,20)14(2)24/h13,15-20,23,25H,4-12H2,1-3H3/t13?,15-,16+,17+,18+,19-,20-,21-,22-/m0/s1. The molecule has 0 saturated heterocycles. The van der Waals surface area contributed by atoms with E-state index in [0.29, 0.717) is 34.9 Å². The van der Waals surface area contributed by atoms with E-state index in [1.807, 2.05) is 6.92 Å². The van der Waals surface area contributed by atoms with E-state index >= 15 is 0 Å². The average Bonchev–Trinajstić information content (AvgIpc) is 2.96. The molecule has 3 heteroatoms. The number of carbonyl (C=O) groups is 1. The molecule has 4 aliphatic carbocycles. The maximum Gasteiger partial charge on any atom is 0.136 e. The van der Waals surface area contributed by atoms with Crippen molar-refractivity contribution in [2.75, 3.05) is 0 Å². The maximum atomic E-state index is 12.9. The summed E-state index contributed by atoms with van der Waals surface area (Å²) in [4.78, 5) is 12.9. The number of fused-ring (bicyclic) bond motifs is 5. The van der Waals surface area contributed by atoms with E-state index in [2.05, 4.69) is 6.92 Å². The predicted molar refractivity (Wildman–Crippen MR) is 97.9 cm³/mol. The van der Waals surface area contributed by atoms with Crippen molar-refractivity contribution in [1.82, 2.24) is 0 Å². The van der Waals surface area contributed by atoms with E-state index in [-0.39, 0.29) is 23.5 Å². The van der Waals surface area contributed by atoms with Crippen LogP contribution in [0, 0.1) is 40.4 Å². The number of aliphatic hydroxyl groups is 2. The van der Waals surface area contributed by atoms with Gasteiger partial charge in [-0.05, 0) is 107 Å². The Morgan fingerprint density at radius 2 is 1.80 bits per heavy atom. The van der Waals surface area contributed by atoms with Crippen LogP contribution < -0.4 is 0 Å². The Bertz CT molecular complexity index is 543. The summed E-state index contributed by atoms with van der Waals surface area (Å²) in [7, 11) is 0. The number of hydrogen-bond donors (Lipinski definition) is 2. The predicted octanol–water partition coefficient (Wildman–Crippen LogP) is 3.96. The van der Waals surface area contributed by atoms with Crippen LogP contribution in [0.3, 0.4) is 0 Å². The molecule has 4 fully saturated rings. The minimum absolute atomic E-state index is 0.0966. The molecular weight excluding hydrogens is 312 g/mol. The quantitative estimate of drug-likeness (QED) is 0.794. The van der Waals surface area contributed by atoms with E-state index in [1.54, 1.807) is 6.92 Å². The SMILES string of the molecule is CC(=O)[C@]12CC[C@H]3[C@@H](CC[C@H]4C[C@H](O)CC[C@@]43C)[C@@H]1CC[C@@H]2C(C)O. The normalized spacial score (nSPS) is 53.5. The molecule has 9 atom stereocenters. The molecule has 0 spiro atoms. The molecule has 0 heterocycles. The first kappa shape index (κ1) is 18.0. The summed E-state index contributed by atoms with van der Waals surface area (Å²) >= 11 is 0. The molecule has 0 aromatic heterocycles. The Morgan fingerprint density at radius 3 is 2.48 bits per heavy atom. The first-order chi connectivity index (χ1) is 11.8. The lowest BCUT2D eigenvalue weighted by molar-refractivity contribution is -0.158. The molecule has 4 rings (SSSR count). The fraction of sp³-hybridized carbons (Fsp3) is 0.955. The van der Waals surface area contributed by atoms with E-state index in [1.165, 1.54) is 12.8 Å². The number of aliphatic hydroxyl groups excluding tert-OH is 2. The molecular formula is C22H36O3. The second-order valence-electron chi connectivity index (χ2n) is 10.1. The molecule has 25 heavy (non-hydrogen) atoms. The van der Waals surface area contributed by atoms with Crippen molar-refractivity contribution in [1.29, 1.82) is 0 Å². The Morgan fingerprint density at radius 1 is 1.04 bits per heavy atom. The van der Waals surface area contributed by atoms with Crippen molar-refractivity contribution in [3.05, 3.63) is 0 Å². The maximum absolute atomic E-state index is 12.9. The van der Waals surface area contributed by atoms with Crippen LogP contribution in [0.4, 0.5) is 0 Å². The average molecular weight is 349 g/mol. The highest BCUT2D eigenvalue weighted by Gasteiger charge is 2.63. The summed E-state index contributed by atoms with van der Waals surface area (Å²) in [5.41, 5.74) is 0.0979. The van der Waals surface area contributed by atoms with Crippen LogP contribution in [0.1, 0.15) is 78.6 Å². The minimum Gasteiger partial charge on any atom is -0.393 e. The highest BCUT2D eigenvalue weighted by atomic mass is 16.3. The molecule has 3 nitrogen and oxygen atoms in total. The summed E-state index contributed by atoms with van der Waals surface area (Å²) in [5.74, 6) is 3.01. The lowest BCUT2D eigenvalue weighted by Gasteiger charge is -2.61. The first-order valence-corrected chi connectivity index (χ1v) is 10.7. The van der Waals surface area contributed by atoms with Gasteiger partial charge in [0.2, 0.25) is 0 Å². The molecule has 0 aromatic carbocycles. The Kier molecular flexibility index (Phi) is 4.35. The molecule has 4 saturated carbocycles. The third-order valence-corrected chi connectivity index (χ3v) is 9.45. The van der Waals surface area contributed by atoms with Crippen LogP contribution in [0.2, 0.25) is 0 Å². The molecule has 0 radical (unpaired) electrons. The number of hydrogen-bond acceptors (Lipinski definition) is 3. The van der Waals surface area contributed by atoms with Gasteiger partial charge in [-0.1, -0.05) is 6.92 Å². The van der Waals surface area contributed by atoms with Gasteiger partial charge >= 0.3 is 0 Å². The lowest BCUT2D eigenvalue weighted by atomic mass is 9.44. The van der Waals surface area contributed by atoms with E-state index < -0.39 is 0 Å². The summed E-state index contributed by atoms with van der Waals surface area (Å²) in [6.07, 6.45) is 9.34. The highest BCUT2D eigenvalue weighted by Crippen LogP contribution is 2.68. The topological polar surface area (TPSA) is 57.5 Å². The zero-order valence-corrected chi connectivity index (χ0v) is 16.2. The van der Waals surface area contributed by atoms with Gasteiger partial charge in [0.1, 0.15) is 5.78 Å². The second kappa shape index (κ2) is 6.05. The second-order valence-corrected chi connectivity index (χ2v) is 10.1. The van der Waals surface area contributed by atoms with Gasteiger partial charge in [-0.15, -0.1) is 0 Å². The molecule has 0 bridgehead atoms. The number of carbonyl (C=O) groups excluding carboxylic acids is 1.